The molecule has 4 nitrogen and oxygen atoms in total. The lowest BCUT2D eigenvalue weighted by Crippen LogP contribution is -2.35. The van der Waals surface area contributed by atoms with Crippen molar-refractivity contribution in [3.63, 3.8) is 0 Å². The number of halogens is 1. The van der Waals surface area contributed by atoms with Gasteiger partial charge in [0.2, 0.25) is 11.8 Å². The molecule has 2 aromatic rings. The Hall–Kier alpha value is -2.69. The van der Waals surface area contributed by atoms with Gasteiger partial charge >= 0.3 is 0 Å². The van der Waals surface area contributed by atoms with E-state index in [1.54, 1.807) is 23.1 Å². The average Bonchev–Trinajstić information content (AvgIpc) is 3.18. The molecular formula is C22H25FN2O2. The van der Waals surface area contributed by atoms with E-state index in [0.29, 0.717) is 38.0 Å². The van der Waals surface area contributed by atoms with Gasteiger partial charge in [0, 0.05) is 26.1 Å². The van der Waals surface area contributed by atoms with Crippen molar-refractivity contribution >= 4 is 11.8 Å². The molecule has 1 aliphatic heterocycles. The van der Waals surface area contributed by atoms with Crippen LogP contribution in [0.3, 0.4) is 0 Å². The van der Waals surface area contributed by atoms with Gasteiger partial charge in [-0.25, -0.2) is 4.39 Å². The Labute approximate surface area is 159 Å². The van der Waals surface area contributed by atoms with Gasteiger partial charge in [-0.2, -0.15) is 0 Å². The minimum Gasteiger partial charge on any atom is -0.355 e. The monoisotopic (exact) mass is 368 g/mol. The van der Waals surface area contributed by atoms with Crippen molar-refractivity contribution in [2.24, 2.45) is 5.92 Å². The second kappa shape index (κ2) is 9.31. The molecule has 142 valence electrons. The summed E-state index contributed by atoms with van der Waals surface area (Å²) in [5.74, 6) is -0.436. The van der Waals surface area contributed by atoms with Gasteiger partial charge < -0.3 is 10.2 Å². The minimum absolute atomic E-state index is 0.00957. The van der Waals surface area contributed by atoms with Gasteiger partial charge in [-0.05, 0) is 36.5 Å². The predicted octanol–water partition coefficient (Wildman–Crippen LogP) is 2.97. The number of carbonyl (C=O) groups excluding carboxylic acids is 2. The van der Waals surface area contributed by atoms with Crippen LogP contribution in [-0.2, 0) is 22.4 Å². The summed E-state index contributed by atoms with van der Waals surface area (Å²) >= 11 is 0. The Morgan fingerprint density at radius 2 is 1.78 bits per heavy atom. The average molecular weight is 368 g/mol. The summed E-state index contributed by atoms with van der Waals surface area (Å²) in [6, 6.07) is 16.5. The second-order valence-electron chi connectivity index (χ2n) is 6.94. The van der Waals surface area contributed by atoms with Crippen LogP contribution in [-0.4, -0.2) is 36.3 Å². The maximum atomic E-state index is 13.6. The standard InChI is InChI=1S/C22H25FN2O2/c23-20-9-5-4-8-18(20)10-11-21(26)25-15-13-19(16-25)22(27)24-14-12-17-6-2-1-3-7-17/h1-9,19H,10-16H2,(H,24,27). The number of hydrogen-bond donors (Lipinski definition) is 1. The molecule has 0 spiro atoms. The largest absolute Gasteiger partial charge is 0.355 e. The van der Waals surface area contributed by atoms with Crippen LogP contribution >= 0.6 is 0 Å². The van der Waals surface area contributed by atoms with E-state index in [2.05, 4.69) is 5.32 Å². The molecule has 0 radical (unpaired) electrons. The smallest absolute Gasteiger partial charge is 0.224 e. The normalized spacial score (nSPS) is 16.3. The van der Waals surface area contributed by atoms with E-state index in [4.69, 9.17) is 0 Å². The lowest BCUT2D eigenvalue weighted by Gasteiger charge is -2.16. The molecule has 1 fully saturated rings. The van der Waals surface area contributed by atoms with Gasteiger partial charge in [0.05, 0.1) is 5.92 Å². The number of amides is 2. The van der Waals surface area contributed by atoms with Gasteiger partial charge in [0.1, 0.15) is 5.82 Å². The number of nitrogens with one attached hydrogen (secondary N) is 1. The fraction of sp³-hybridized carbons (Fsp3) is 0.364. The molecular weight excluding hydrogens is 343 g/mol. The van der Waals surface area contributed by atoms with Crippen molar-refractivity contribution in [2.75, 3.05) is 19.6 Å². The fourth-order valence-electron chi connectivity index (χ4n) is 3.42. The third kappa shape index (κ3) is 5.39. The Kier molecular flexibility index (Phi) is 6.58. The third-order valence-corrected chi connectivity index (χ3v) is 5.03. The van der Waals surface area contributed by atoms with E-state index in [-0.39, 0.29) is 30.0 Å². The van der Waals surface area contributed by atoms with Crippen LogP contribution in [0.2, 0.25) is 0 Å². The maximum Gasteiger partial charge on any atom is 0.224 e. The molecule has 2 amide bonds. The number of benzene rings is 2. The maximum absolute atomic E-state index is 13.6. The second-order valence-corrected chi connectivity index (χ2v) is 6.94. The van der Waals surface area contributed by atoms with Crippen LogP contribution in [0.15, 0.2) is 54.6 Å². The van der Waals surface area contributed by atoms with Crippen molar-refractivity contribution < 1.29 is 14.0 Å². The van der Waals surface area contributed by atoms with E-state index >= 15 is 0 Å². The molecule has 1 heterocycles. The topological polar surface area (TPSA) is 49.4 Å². The SMILES string of the molecule is O=C(NCCc1ccccc1)C1CCN(C(=O)CCc2ccccc2F)C1. The molecule has 0 saturated carbocycles. The first-order valence-electron chi connectivity index (χ1n) is 9.46. The van der Waals surface area contributed by atoms with Crippen LogP contribution in [0.5, 0.6) is 0 Å². The first-order chi connectivity index (χ1) is 13.1. The number of aryl methyl sites for hydroxylation is 1. The summed E-state index contributed by atoms with van der Waals surface area (Å²) in [7, 11) is 0. The van der Waals surface area contributed by atoms with E-state index < -0.39 is 0 Å². The Balaban J connectivity index is 1.40. The quantitative estimate of drug-likeness (QED) is 0.817. The summed E-state index contributed by atoms with van der Waals surface area (Å²) in [6.07, 6.45) is 2.13. The van der Waals surface area contributed by atoms with Crippen molar-refractivity contribution in [2.45, 2.75) is 25.7 Å². The highest BCUT2D eigenvalue weighted by Crippen LogP contribution is 2.18. The fourth-order valence-corrected chi connectivity index (χ4v) is 3.42. The lowest BCUT2D eigenvalue weighted by molar-refractivity contribution is -0.130. The number of carbonyl (C=O) groups is 2. The van der Waals surface area contributed by atoms with E-state index in [1.165, 1.54) is 11.6 Å². The van der Waals surface area contributed by atoms with Crippen LogP contribution in [0.4, 0.5) is 4.39 Å². The zero-order chi connectivity index (χ0) is 19.1. The summed E-state index contributed by atoms with van der Waals surface area (Å²) in [5.41, 5.74) is 1.74. The lowest BCUT2D eigenvalue weighted by atomic mass is 10.1. The molecule has 0 aliphatic carbocycles. The van der Waals surface area contributed by atoms with E-state index in [9.17, 15) is 14.0 Å². The highest BCUT2D eigenvalue weighted by molar-refractivity contribution is 5.82. The zero-order valence-corrected chi connectivity index (χ0v) is 15.4. The Morgan fingerprint density at radius 1 is 1.04 bits per heavy atom. The molecule has 1 aliphatic rings. The molecule has 1 unspecified atom stereocenters. The van der Waals surface area contributed by atoms with Crippen LogP contribution < -0.4 is 5.32 Å². The summed E-state index contributed by atoms with van der Waals surface area (Å²) in [5, 5.41) is 2.97. The number of likely N-dealkylation sites (tertiary alicyclic amines) is 1. The number of nitrogens with zero attached hydrogens (tertiary/aromatic N) is 1. The van der Waals surface area contributed by atoms with Crippen LogP contribution in [0.1, 0.15) is 24.0 Å². The van der Waals surface area contributed by atoms with E-state index in [1.807, 2.05) is 30.3 Å². The van der Waals surface area contributed by atoms with Gasteiger partial charge in [-0.3, -0.25) is 9.59 Å². The first kappa shape index (κ1) is 19.1. The van der Waals surface area contributed by atoms with Gasteiger partial charge in [-0.15, -0.1) is 0 Å². The van der Waals surface area contributed by atoms with Crippen molar-refractivity contribution in [3.8, 4) is 0 Å². The van der Waals surface area contributed by atoms with Crippen LogP contribution in [0, 0.1) is 11.7 Å². The van der Waals surface area contributed by atoms with Crippen molar-refractivity contribution in [1.82, 2.24) is 10.2 Å². The molecule has 1 atom stereocenters. The highest BCUT2D eigenvalue weighted by atomic mass is 19.1. The summed E-state index contributed by atoms with van der Waals surface area (Å²) < 4.78 is 13.6. The summed E-state index contributed by atoms with van der Waals surface area (Å²) in [6.45, 7) is 1.64. The van der Waals surface area contributed by atoms with Gasteiger partial charge in [0.25, 0.3) is 0 Å². The third-order valence-electron chi connectivity index (χ3n) is 5.03. The van der Waals surface area contributed by atoms with Gasteiger partial charge in [0.15, 0.2) is 0 Å². The predicted molar refractivity (Wildman–Crippen MR) is 103 cm³/mol. The molecule has 1 saturated heterocycles. The highest BCUT2D eigenvalue weighted by Gasteiger charge is 2.30. The molecule has 1 N–H and O–H groups in total. The zero-order valence-electron chi connectivity index (χ0n) is 15.4. The Bertz CT molecular complexity index is 779. The molecule has 2 aromatic carbocycles. The number of rotatable bonds is 7. The number of hydrogen-bond acceptors (Lipinski definition) is 2. The first-order valence-corrected chi connectivity index (χ1v) is 9.46. The Morgan fingerprint density at radius 3 is 2.56 bits per heavy atom. The summed E-state index contributed by atoms with van der Waals surface area (Å²) in [4.78, 5) is 26.4. The minimum atomic E-state index is -0.276. The van der Waals surface area contributed by atoms with E-state index in [0.717, 1.165) is 6.42 Å². The van der Waals surface area contributed by atoms with Crippen molar-refractivity contribution in [1.29, 1.82) is 0 Å². The molecule has 0 bridgehead atoms. The van der Waals surface area contributed by atoms with Gasteiger partial charge in [-0.1, -0.05) is 48.5 Å². The molecule has 5 heteroatoms. The molecule has 0 aromatic heterocycles. The molecule has 3 rings (SSSR count). The van der Waals surface area contributed by atoms with Crippen molar-refractivity contribution in [3.05, 3.63) is 71.5 Å². The molecule has 27 heavy (non-hydrogen) atoms. The van der Waals surface area contributed by atoms with Crippen LogP contribution in [0.25, 0.3) is 0 Å².